The second-order valence-corrected chi connectivity index (χ2v) is 11.5. The van der Waals surface area contributed by atoms with Crippen LogP contribution in [0, 0.1) is 11.3 Å². The molecule has 0 atom stereocenters. The molecule has 4 rings (SSSR count). The third-order valence-electron chi connectivity index (χ3n) is 6.80. The number of carbonyl (C=O) groups excluding carboxylic acids is 1. The minimum atomic E-state index is -3.34. The van der Waals surface area contributed by atoms with Crippen LogP contribution in [0.15, 0.2) is 17.4 Å². The summed E-state index contributed by atoms with van der Waals surface area (Å²) in [6.07, 6.45) is 12.2. The van der Waals surface area contributed by atoms with E-state index in [4.69, 9.17) is 9.47 Å². The van der Waals surface area contributed by atoms with E-state index in [9.17, 15) is 13.2 Å². The van der Waals surface area contributed by atoms with Crippen LogP contribution in [-0.4, -0.2) is 60.9 Å². The molecule has 1 spiro atoms. The third-order valence-corrected chi connectivity index (χ3v) is 7.78. The van der Waals surface area contributed by atoms with E-state index in [2.05, 4.69) is 9.97 Å². The summed E-state index contributed by atoms with van der Waals surface area (Å²) in [4.78, 5) is 22.0. The fourth-order valence-electron chi connectivity index (χ4n) is 4.61. The molecule has 3 fully saturated rings. The zero-order valence-electron chi connectivity index (χ0n) is 17.8. The number of aromatic nitrogens is 2. The number of carbonyl (C=O) groups is 1. The number of likely N-dealkylation sites (tertiary alicyclic amines) is 1. The number of hydrogen-bond donors (Lipinski definition) is 0. The number of ether oxygens (including phenoxy) is 2. The number of rotatable bonds is 7. The predicted molar refractivity (Wildman–Crippen MR) is 110 cm³/mol. The normalized spacial score (nSPS) is 22.4. The van der Waals surface area contributed by atoms with Gasteiger partial charge in [0, 0.05) is 19.3 Å². The summed E-state index contributed by atoms with van der Waals surface area (Å²) in [5, 5.41) is -0.0457. The first-order valence-electron chi connectivity index (χ1n) is 10.8. The highest BCUT2D eigenvalue weighted by atomic mass is 32.2. The molecule has 9 heteroatoms. The lowest BCUT2D eigenvalue weighted by atomic mass is 9.56. The van der Waals surface area contributed by atoms with Gasteiger partial charge < -0.3 is 14.4 Å². The Morgan fingerprint density at radius 2 is 1.87 bits per heavy atom. The first-order chi connectivity index (χ1) is 14.2. The quantitative estimate of drug-likeness (QED) is 0.604. The van der Waals surface area contributed by atoms with Gasteiger partial charge in [0.2, 0.25) is 5.88 Å². The Labute approximate surface area is 178 Å². The van der Waals surface area contributed by atoms with Gasteiger partial charge in [0.15, 0.2) is 14.9 Å². The minimum absolute atomic E-state index is 0.0457. The van der Waals surface area contributed by atoms with Gasteiger partial charge >= 0.3 is 6.09 Å². The SMILES string of the molecule is CC1(OC(=O)N2CCC3(CC2)CC(CCCOc2cnc(S(C)(=O)=O)cn2)C3)CC1. The monoisotopic (exact) mass is 437 g/mol. The number of hydrogen-bond acceptors (Lipinski definition) is 7. The summed E-state index contributed by atoms with van der Waals surface area (Å²) in [7, 11) is -3.34. The molecule has 1 aliphatic heterocycles. The lowest BCUT2D eigenvalue weighted by molar-refractivity contribution is -0.0232. The van der Waals surface area contributed by atoms with Crippen LogP contribution in [0.3, 0.4) is 0 Å². The second-order valence-electron chi connectivity index (χ2n) is 9.53. The van der Waals surface area contributed by atoms with E-state index >= 15 is 0 Å². The van der Waals surface area contributed by atoms with Crippen LogP contribution in [0.4, 0.5) is 4.79 Å². The Kier molecular flexibility index (Phi) is 5.67. The van der Waals surface area contributed by atoms with Crippen LogP contribution in [0.25, 0.3) is 0 Å². The average Bonchev–Trinajstić information content (AvgIpc) is 3.40. The smallest absolute Gasteiger partial charge is 0.410 e. The van der Waals surface area contributed by atoms with Crippen LogP contribution in [0.2, 0.25) is 0 Å². The summed E-state index contributed by atoms with van der Waals surface area (Å²) >= 11 is 0. The Balaban J connectivity index is 1.11. The first-order valence-corrected chi connectivity index (χ1v) is 12.7. The predicted octanol–water partition coefficient (Wildman–Crippen LogP) is 3.22. The molecule has 2 heterocycles. The van der Waals surface area contributed by atoms with Gasteiger partial charge in [-0.1, -0.05) is 0 Å². The maximum atomic E-state index is 12.2. The molecule has 3 aliphatic rings. The molecule has 2 aliphatic carbocycles. The van der Waals surface area contributed by atoms with Crippen molar-refractivity contribution in [1.82, 2.24) is 14.9 Å². The van der Waals surface area contributed by atoms with E-state index in [1.807, 2.05) is 11.8 Å². The van der Waals surface area contributed by atoms with Crippen LogP contribution in [0.1, 0.15) is 58.3 Å². The average molecular weight is 438 g/mol. The second kappa shape index (κ2) is 7.98. The lowest BCUT2D eigenvalue weighted by Gasteiger charge is -2.52. The van der Waals surface area contributed by atoms with Crippen molar-refractivity contribution in [3.05, 3.63) is 12.4 Å². The molecule has 2 saturated carbocycles. The summed E-state index contributed by atoms with van der Waals surface area (Å²) in [6.45, 7) is 4.18. The molecule has 1 amide bonds. The zero-order valence-corrected chi connectivity index (χ0v) is 18.6. The molecule has 0 unspecified atom stereocenters. The van der Waals surface area contributed by atoms with Gasteiger partial charge in [-0.25, -0.2) is 23.2 Å². The Bertz CT molecular complexity index is 866. The van der Waals surface area contributed by atoms with Crippen LogP contribution in [0.5, 0.6) is 5.88 Å². The molecule has 0 bridgehead atoms. The van der Waals surface area contributed by atoms with E-state index in [-0.39, 0.29) is 16.7 Å². The Hall–Kier alpha value is -1.90. The zero-order chi connectivity index (χ0) is 21.4. The van der Waals surface area contributed by atoms with E-state index in [0.29, 0.717) is 17.9 Å². The summed E-state index contributed by atoms with van der Waals surface area (Å²) < 4.78 is 34.0. The van der Waals surface area contributed by atoms with Crippen molar-refractivity contribution < 1.29 is 22.7 Å². The number of sulfone groups is 1. The lowest BCUT2D eigenvalue weighted by Crippen LogP contribution is -2.49. The van der Waals surface area contributed by atoms with Gasteiger partial charge in [0.25, 0.3) is 0 Å². The highest BCUT2D eigenvalue weighted by Crippen LogP contribution is 2.54. The number of nitrogens with zero attached hydrogens (tertiary/aromatic N) is 3. The minimum Gasteiger partial charge on any atom is -0.477 e. The van der Waals surface area contributed by atoms with Crippen LogP contribution in [-0.2, 0) is 14.6 Å². The Morgan fingerprint density at radius 1 is 1.17 bits per heavy atom. The van der Waals surface area contributed by atoms with Gasteiger partial charge in [-0.05, 0) is 69.6 Å². The number of amides is 1. The molecule has 1 aromatic rings. The van der Waals surface area contributed by atoms with Gasteiger partial charge in [-0.3, -0.25) is 0 Å². The molecular weight excluding hydrogens is 406 g/mol. The Morgan fingerprint density at radius 3 is 2.43 bits per heavy atom. The van der Waals surface area contributed by atoms with Gasteiger partial charge in [0.1, 0.15) is 5.60 Å². The molecule has 166 valence electrons. The fraction of sp³-hybridized carbons (Fsp3) is 0.762. The van der Waals surface area contributed by atoms with Crippen molar-refractivity contribution in [2.75, 3.05) is 26.0 Å². The number of piperidine rings is 1. The largest absolute Gasteiger partial charge is 0.477 e. The molecule has 8 nitrogen and oxygen atoms in total. The van der Waals surface area contributed by atoms with Crippen molar-refractivity contribution in [2.45, 2.75) is 68.9 Å². The molecule has 1 saturated heterocycles. The molecule has 1 aromatic heterocycles. The van der Waals surface area contributed by atoms with Crippen molar-refractivity contribution in [3.63, 3.8) is 0 Å². The third kappa shape index (κ3) is 5.04. The maximum Gasteiger partial charge on any atom is 0.410 e. The van der Waals surface area contributed by atoms with Crippen molar-refractivity contribution in [1.29, 1.82) is 0 Å². The molecular formula is C21H31N3O5S. The maximum absolute atomic E-state index is 12.2. The molecule has 0 aromatic carbocycles. The van der Waals surface area contributed by atoms with Gasteiger partial charge in [0.05, 0.1) is 19.0 Å². The molecule has 30 heavy (non-hydrogen) atoms. The molecule has 0 radical (unpaired) electrons. The van der Waals surface area contributed by atoms with Crippen LogP contribution >= 0.6 is 0 Å². The van der Waals surface area contributed by atoms with E-state index in [0.717, 1.165) is 63.8 Å². The van der Waals surface area contributed by atoms with Gasteiger partial charge in [-0.15, -0.1) is 0 Å². The standard InChI is InChI=1S/C21H31N3O5S/c1-20(5-6-20)29-19(25)24-9-7-21(8-10-24)12-16(13-21)4-3-11-28-17-14-23-18(15-22-17)30(2,26)27/h14-16H,3-13H2,1-2H3. The van der Waals surface area contributed by atoms with Crippen molar-refractivity contribution >= 4 is 15.9 Å². The van der Waals surface area contributed by atoms with E-state index in [1.165, 1.54) is 25.2 Å². The van der Waals surface area contributed by atoms with Crippen molar-refractivity contribution in [3.8, 4) is 5.88 Å². The molecule has 0 N–H and O–H groups in total. The van der Waals surface area contributed by atoms with E-state index < -0.39 is 9.84 Å². The van der Waals surface area contributed by atoms with Crippen molar-refractivity contribution in [2.24, 2.45) is 11.3 Å². The van der Waals surface area contributed by atoms with E-state index in [1.54, 1.807) is 0 Å². The summed E-state index contributed by atoms with van der Waals surface area (Å²) in [5.74, 6) is 1.07. The summed E-state index contributed by atoms with van der Waals surface area (Å²) in [6, 6.07) is 0. The highest BCUT2D eigenvalue weighted by Gasteiger charge is 2.47. The van der Waals surface area contributed by atoms with Crippen LogP contribution < -0.4 is 4.74 Å². The highest BCUT2D eigenvalue weighted by molar-refractivity contribution is 7.90. The first kappa shape index (κ1) is 21.3. The fourth-order valence-corrected chi connectivity index (χ4v) is 5.10. The van der Waals surface area contributed by atoms with Gasteiger partial charge in [-0.2, -0.15) is 0 Å². The topological polar surface area (TPSA) is 98.7 Å². The summed E-state index contributed by atoms with van der Waals surface area (Å²) in [5.41, 5.74) is 0.218.